The molecule has 3 fully saturated rings. The first-order valence-electron chi connectivity index (χ1n) is 11.1. The standard InChI is InChI=1S/C23H36N2O6/c1-7-10-25(21(3,4)5)19(28)17-23-13-14(2)22(6,31-23)16(20(29)30)15(23)18(27)24(17)11-8-9-12-26/h7,14-17,26H,1,8-13H2,2-6H3,(H,29,30)/t14?,15-,16-,17?,22+,23?/m0/s1. The molecule has 3 heterocycles. The van der Waals surface area contributed by atoms with Crippen molar-refractivity contribution in [1.82, 2.24) is 9.80 Å². The van der Waals surface area contributed by atoms with E-state index < -0.39 is 40.6 Å². The van der Waals surface area contributed by atoms with Gasteiger partial charge >= 0.3 is 5.97 Å². The van der Waals surface area contributed by atoms with Crippen LogP contribution in [0.3, 0.4) is 0 Å². The van der Waals surface area contributed by atoms with Gasteiger partial charge in [0.05, 0.1) is 11.5 Å². The highest BCUT2D eigenvalue weighted by molar-refractivity contribution is 5.98. The molecular weight excluding hydrogens is 400 g/mol. The van der Waals surface area contributed by atoms with E-state index in [1.807, 2.05) is 27.7 Å². The van der Waals surface area contributed by atoms with Gasteiger partial charge in [-0.1, -0.05) is 13.0 Å². The first kappa shape index (κ1) is 23.7. The minimum absolute atomic E-state index is 0.0108. The summed E-state index contributed by atoms with van der Waals surface area (Å²) in [5, 5.41) is 19.2. The van der Waals surface area contributed by atoms with Crippen LogP contribution in [0.2, 0.25) is 0 Å². The number of unbranched alkanes of at least 4 members (excludes halogenated alkanes) is 1. The van der Waals surface area contributed by atoms with Crippen LogP contribution < -0.4 is 0 Å². The summed E-state index contributed by atoms with van der Waals surface area (Å²) in [6, 6.07) is -0.892. The van der Waals surface area contributed by atoms with Gasteiger partial charge in [-0.2, -0.15) is 0 Å². The number of aliphatic carboxylic acids is 1. The van der Waals surface area contributed by atoms with Gasteiger partial charge in [-0.25, -0.2) is 0 Å². The Bertz CT molecular complexity index is 777. The number of carboxylic acids is 1. The maximum absolute atomic E-state index is 14.0. The summed E-state index contributed by atoms with van der Waals surface area (Å²) in [4.78, 5) is 43.1. The molecule has 3 unspecified atom stereocenters. The number of likely N-dealkylation sites (tertiary alicyclic amines) is 1. The van der Waals surface area contributed by atoms with Crippen LogP contribution in [0.1, 0.15) is 53.9 Å². The number of nitrogens with zero attached hydrogens (tertiary/aromatic N) is 2. The number of hydrogen-bond donors (Lipinski definition) is 2. The van der Waals surface area contributed by atoms with Crippen molar-refractivity contribution in [3.8, 4) is 0 Å². The lowest BCUT2D eigenvalue weighted by atomic mass is 9.62. The fourth-order valence-electron chi connectivity index (χ4n) is 6.00. The highest BCUT2D eigenvalue weighted by Gasteiger charge is 2.80. The van der Waals surface area contributed by atoms with E-state index >= 15 is 0 Å². The van der Waals surface area contributed by atoms with Gasteiger partial charge < -0.3 is 24.7 Å². The number of carboxylic acid groups (broad SMARTS) is 1. The molecule has 0 saturated carbocycles. The van der Waals surface area contributed by atoms with Gasteiger partial charge in [0.2, 0.25) is 11.8 Å². The van der Waals surface area contributed by atoms with Gasteiger partial charge in [0.1, 0.15) is 17.6 Å². The molecule has 2 N–H and O–H groups in total. The fourth-order valence-corrected chi connectivity index (χ4v) is 6.00. The molecule has 0 aromatic carbocycles. The fraction of sp³-hybridized carbons (Fsp3) is 0.783. The molecule has 8 nitrogen and oxygen atoms in total. The molecule has 6 atom stereocenters. The molecule has 3 aliphatic heterocycles. The van der Waals surface area contributed by atoms with Gasteiger partial charge in [0.15, 0.2) is 0 Å². The van der Waals surface area contributed by atoms with Crippen LogP contribution in [0.5, 0.6) is 0 Å². The van der Waals surface area contributed by atoms with Gasteiger partial charge in [-0.05, 0) is 52.9 Å². The van der Waals surface area contributed by atoms with Crippen molar-refractivity contribution >= 4 is 17.8 Å². The number of carbonyl (C=O) groups excluding carboxylic acids is 2. The third kappa shape index (κ3) is 3.39. The van der Waals surface area contributed by atoms with Crippen molar-refractivity contribution in [2.45, 2.75) is 76.7 Å². The quantitative estimate of drug-likeness (QED) is 0.443. The van der Waals surface area contributed by atoms with Crippen molar-refractivity contribution in [3.05, 3.63) is 12.7 Å². The zero-order valence-electron chi connectivity index (χ0n) is 19.3. The lowest BCUT2D eigenvalue weighted by molar-refractivity contribution is -0.159. The monoisotopic (exact) mass is 436 g/mol. The molecule has 0 aliphatic carbocycles. The van der Waals surface area contributed by atoms with Crippen LogP contribution in [-0.2, 0) is 19.1 Å². The van der Waals surface area contributed by atoms with Crippen LogP contribution in [0.4, 0.5) is 0 Å². The number of fused-ring (bicyclic) bond motifs is 1. The third-order valence-electron chi connectivity index (χ3n) is 7.51. The highest BCUT2D eigenvalue weighted by Crippen LogP contribution is 2.65. The van der Waals surface area contributed by atoms with Crippen molar-refractivity contribution in [1.29, 1.82) is 0 Å². The number of aliphatic hydroxyl groups excluding tert-OH is 1. The van der Waals surface area contributed by atoms with Gasteiger partial charge in [-0.15, -0.1) is 6.58 Å². The predicted octanol–water partition coefficient (Wildman–Crippen LogP) is 1.67. The van der Waals surface area contributed by atoms with E-state index in [0.717, 1.165) is 0 Å². The summed E-state index contributed by atoms with van der Waals surface area (Å²) in [6.45, 7) is 13.8. The first-order chi connectivity index (χ1) is 14.4. The predicted molar refractivity (Wildman–Crippen MR) is 114 cm³/mol. The van der Waals surface area contributed by atoms with Crippen molar-refractivity contribution in [3.63, 3.8) is 0 Å². The molecule has 1 spiro atoms. The van der Waals surface area contributed by atoms with Crippen LogP contribution in [0, 0.1) is 17.8 Å². The molecule has 2 amide bonds. The van der Waals surface area contributed by atoms with Crippen molar-refractivity contribution in [2.75, 3.05) is 19.7 Å². The number of aliphatic hydroxyl groups is 1. The Labute approximate surface area is 184 Å². The molecule has 2 bridgehead atoms. The topological polar surface area (TPSA) is 107 Å². The molecule has 31 heavy (non-hydrogen) atoms. The van der Waals surface area contributed by atoms with Crippen molar-refractivity contribution < 1.29 is 29.3 Å². The summed E-state index contributed by atoms with van der Waals surface area (Å²) >= 11 is 0. The highest BCUT2D eigenvalue weighted by atomic mass is 16.5. The Morgan fingerprint density at radius 2 is 2.00 bits per heavy atom. The minimum Gasteiger partial charge on any atom is -0.481 e. The Hall–Kier alpha value is -1.93. The Morgan fingerprint density at radius 3 is 2.52 bits per heavy atom. The molecule has 3 rings (SSSR count). The molecule has 3 saturated heterocycles. The van der Waals surface area contributed by atoms with Crippen LogP contribution >= 0.6 is 0 Å². The summed E-state index contributed by atoms with van der Waals surface area (Å²) in [5.41, 5.74) is -2.67. The summed E-state index contributed by atoms with van der Waals surface area (Å²) in [6.07, 6.45) is 3.14. The molecule has 0 radical (unpaired) electrons. The molecule has 3 aliphatic rings. The summed E-state index contributed by atoms with van der Waals surface area (Å²) < 4.78 is 6.47. The van der Waals surface area contributed by atoms with E-state index in [2.05, 4.69) is 6.58 Å². The largest absolute Gasteiger partial charge is 0.481 e. The number of hydrogen-bond acceptors (Lipinski definition) is 5. The number of ether oxygens (including phenoxy) is 1. The zero-order chi connectivity index (χ0) is 23.4. The molecular formula is C23H36N2O6. The molecule has 174 valence electrons. The Kier molecular flexibility index (Phi) is 6.04. The smallest absolute Gasteiger partial charge is 0.310 e. The molecule has 0 aromatic heterocycles. The van der Waals surface area contributed by atoms with E-state index in [0.29, 0.717) is 25.8 Å². The van der Waals surface area contributed by atoms with Crippen LogP contribution in [0.25, 0.3) is 0 Å². The van der Waals surface area contributed by atoms with E-state index in [-0.39, 0.29) is 30.9 Å². The van der Waals surface area contributed by atoms with Crippen LogP contribution in [0.15, 0.2) is 12.7 Å². The number of amides is 2. The lowest BCUT2D eigenvalue weighted by Gasteiger charge is -2.42. The average Bonchev–Trinajstić information content (AvgIpc) is 3.16. The zero-order valence-corrected chi connectivity index (χ0v) is 19.3. The number of carbonyl (C=O) groups is 3. The SMILES string of the molecule is C=CCN(C(=O)C1N(CCCCO)C(=O)[C@@H]2[C@@H](C(=O)O)[C@]3(C)OC12CC3C)C(C)(C)C. The Morgan fingerprint density at radius 1 is 1.35 bits per heavy atom. The second-order valence-corrected chi connectivity index (χ2v) is 10.4. The normalized spacial score (nSPS) is 36.6. The first-order valence-corrected chi connectivity index (χ1v) is 11.1. The second-order valence-electron chi connectivity index (χ2n) is 10.4. The van der Waals surface area contributed by atoms with E-state index in [1.54, 1.807) is 17.9 Å². The van der Waals surface area contributed by atoms with Gasteiger partial charge in [0.25, 0.3) is 0 Å². The second kappa shape index (κ2) is 7.89. The Balaban J connectivity index is 2.11. The summed E-state index contributed by atoms with van der Waals surface area (Å²) in [5.74, 6) is -3.62. The maximum Gasteiger partial charge on any atom is 0.310 e. The third-order valence-corrected chi connectivity index (χ3v) is 7.51. The van der Waals surface area contributed by atoms with E-state index in [9.17, 15) is 24.6 Å². The average molecular weight is 437 g/mol. The van der Waals surface area contributed by atoms with Crippen molar-refractivity contribution in [2.24, 2.45) is 17.8 Å². The molecule has 0 aromatic rings. The number of rotatable bonds is 8. The molecule has 8 heteroatoms. The van der Waals surface area contributed by atoms with Gasteiger partial charge in [0, 0.05) is 25.2 Å². The van der Waals surface area contributed by atoms with Gasteiger partial charge in [-0.3, -0.25) is 14.4 Å². The minimum atomic E-state index is -1.16. The van der Waals surface area contributed by atoms with E-state index in [4.69, 9.17) is 4.74 Å². The maximum atomic E-state index is 14.0. The van der Waals surface area contributed by atoms with E-state index in [1.165, 1.54) is 4.90 Å². The van der Waals surface area contributed by atoms with Crippen LogP contribution in [-0.4, -0.2) is 80.3 Å². The summed E-state index contributed by atoms with van der Waals surface area (Å²) in [7, 11) is 0. The lowest BCUT2D eigenvalue weighted by Crippen LogP contribution is -2.60.